The molecular weight excluding hydrogens is 450 g/mol. The van der Waals surface area contributed by atoms with Crippen LogP contribution in [0.25, 0.3) is 0 Å². The molecule has 0 aromatic carbocycles. The van der Waals surface area contributed by atoms with Crippen molar-refractivity contribution in [3.8, 4) is 0 Å². The van der Waals surface area contributed by atoms with Crippen LogP contribution in [0.1, 0.15) is 51.9 Å². The Morgan fingerprint density at radius 3 is 2.44 bits per heavy atom. The zero-order valence-corrected chi connectivity index (χ0v) is 21.1. The quantitative estimate of drug-likeness (QED) is 0.475. The Kier molecular flexibility index (Phi) is 6.34. The molecule has 3 amide bonds. The number of hydrogen-bond donors (Lipinski definition) is 1. The van der Waals surface area contributed by atoms with Gasteiger partial charge >= 0.3 is 0 Å². The van der Waals surface area contributed by atoms with Crippen LogP contribution in [0.4, 0.5) is 0 Å². The fourth-order valence-corrected chi connectivity index (χ4v) is 9.17. The fraction of sp³-hybridized carbons (Fsp3) is 0.731. The molecule has 7 nitrogen and oxygen atoms in total. The molecule has 1 aliphatic carbocycles. The Labute approximate surface area is 206 Å². The van der Waals surface area contributed by atoms with Gasteiger partial charge in [0.1, 0.15) is 6.04 Å². The van der Waals surface area contributed by atoms with Crippen LogP contribution in [0.5, 0.6) is 0 Å². The molecule has 5 aliphatic rings. The van der Waals surface area contributed by atoms with Gasteiger partial charge in [0, 0.05) is 44.1 Å². The zero-order chi connectivity index (χ0) is 24.1. The zero-order valence-electron chi connectivity index (χ0n) is 20.3. The highest BCUT2D eigenvalue weighted by atomic mass is 32.2. The molecule has 0 radical (unpaired) electrons. The normalized spacial score (nSPS) is 38.1. The summed E-state index contributed by atoms with van der Waals surface area (Å²) < 4.78 is -1.30. The first kappa shape index (κ1) is 23.9. The van der Waals surface area contributed by atoms with Crippen LogP contribution in [0.2, 0.25) is 0 Å². The van der Waals surface area contributed by atoms with Crippen molar-refractivity contribution < 1.29 is 19.5 Å². The number of likely N-dealkylation sites (N-methyl/N-ethyl adjacent to an activating group) is 1. The fourth-order valence-electron chi connectivity index (χ4n) is 7.02. The average molecular weight is 488 g/mol. The standard InChI is InChI=1S/C26H37N3O4S/c1-25-12-8-14-27(2)22(31)19(25)20-23(32)29(15-6-7-17-30)21-24(33)28(18-10-4-3-5-11-18)16-9-13-26(20,21)34-25/h8-9,12-13,18-21,30H,3-7,10-11,14-17H2,1-2H3/t19-,20-,21?,25+,26-/m0/s1. The number of carbonyl (C=O) groups excluding carboxylic acids is 3. The molecule has 186 valence electrons. The van der Waals surface area contributed by atoms with Gasteiger partial charge in [0.2, 0.25) is 17.7 Å². The predicted molar refractivity (Wildman–Crippen MR) is 132 cm³/mol. The van der Waals surface area contributed by atoms with Gasteiger partial charge < -0.3 is 19.8 Å². The number of aliphatic hydroxyl groups excluding tert-OH is 1. The van der Waals surface area contributed by atoms with E-state index in [-0.39, 0.29) is 30.4 Å². The molecule has 3 fully saturated rings. The third kappa shape index (κ3) is 3.55. The van der Waals surface area contributed by atoms with E-state index in [9.17, 15) is 19.5 Å². The van der Waals surface area contributed by atoms with Gasteiger partial charge in [-0.2, -0.15) is 0 Å². The summed E-state index contributed by atoms with van der Waals surface area (Å²) in [6, 6.07) is -0.390. The van der Waals surface area contributed by atoms with Gasteiger partial charge in [-0.3, -0.25) is 14.4 Å². The second-order valence-corrected chi connectivity index (χ2v) is 12.6. The van der Waals surface area contributed by atoms with Crippen LogP contribution in [-0.4, -0.2) is 92.4 Å². The number of hydrogen-bond acceptors (Lipinski definition) is 5. The van der Waals surface area contributed by atoms with Crippen molar-refractivity contribution >= 4 is 29.5 Å². The topological polar surface area (TPSA) is 81.2 Å². The highest BCUT2D eigenvalue weighted by Gasteiger charge is 2.73. The molecule has 0 aromatic rings. The number of unbranched alkanes of at least 4 members (excludes halogenated alkanes) is 1. The molecule has 5 rings (SSSR count). The van der Waals surface area contributed by atoms with Gasteiger partial charge in [0.25, 0.3) is 0 Å². The van der Waals surface area contributed by atoms with Crippen LogP contribution in [0.3, 0.4) is 0 Å². The second kappa shape index (κ2) is 9.01. The monoisotopic (exact) mass is 487 g/mol. The number of rotatable bonds is 5. The molecule has 4 aliphatic heterocycles. The third-order valence-corrected chi connectivity index (χ3v) is 10.4. The summed E-state index contributed by atoms with van der Waals surface area (Å²) in [4.78, 5) is 47.5. The molecule has 2 saturated heterocycles. The van der Waals surface area contributed by atoms with Crippen LogP contribution >= 0.6 is 11.8 Å². The van der Waals surface area contributed by atoms with E-state index < -0.39 is 27.4 Å². The van der Waals surface area contributed by atoms with Crippen LogP contribution < -0.4 is 0 Å². The first-order valence-corrected chi connectivity index (χ1v) is 13.7. The van der Waals surface area contributed by atoms with Crippen LogP contribution in [0, 0.1) is 11.8 Å². The molecule has 4 heterocycles. The summed E-state index contributed by atoms with van der Waals surface area (Å²) in [7, 11) is 1.79. The number of nitrogens with zero attached hydrogens (tertiary/aromatic N) is 3. The van der Waals surface area contributed by atoms with Crippen molar-refractivity contribution in [1.29, 1.82) is 0 Å². The number of thioether (sulfide) groups is 1. The third-order valence-electron chi connectivity index (χ3n) is 8.61. The van der Waals surface area contributed by atoms with E-state index in [1.807, 2.05) is 11.0 Å². The number of likely N-dealkylation sites (tertiary alicyclic amines) is 1. The smallest absolute Gasteiger partial charge is 0.247 e. The van der Waals surface area contributed by atoms with E-state index >= 15 is 0 Å². The van der Waals surface area contributed by atoms with Crippen molar-refractivity contribution in [2.75, 3.05) is 33.3 Å². The highest BCUT2D eigenvalue weighted by molar-refractivity contribution is 8.02. The van der Waals surface area contributed by atoms with E-state index in [1.54, 1.807) is 28.6 Å². The number of aliphatic hydroxyl groups is 1. The predicted octanol–water partition coefficient (Wildman–Crippen LogP) is 2.21. The summed E-state index contributed by atoms with van der Waals surface area (Å²) >= 11 is 1.65. The maximum atomic E-state index is 14.3. The van der Waals surface area contributed by atoms with E-state index in [2.05, 4.69) is 25.2 Å². The number of carbonyl (C=O) groups is 3. The van der Waals surface area contributed by atoms with Gasteiger partial charge in [0.05, 0.1) is 16.6 Å². The minimum atomic E-state index is -0.756. The highest BCUT2D eigenvalue weighted by Crippen LogP contribution is 2.65. The number of amides is 3. The minimum Gasteiger partial charge on any atom is -0.396 e. The van der Waals surface area contributed by atoms with Crippen molar-refractivity contribution in [3.05, 3.63) is 24.3 Å². The van der Waals surface area contributed by atoms with E-state index in [4.69, 9.17) is 0 Å². The van der Waals surface area contributed by atoms with E-state index in [0.717, 1.165) is 25.7 Å². The number of fused-ring (bicyclic) bond motifs is 2. The molecule has 0 bridgehead atoms. The Morgan fingerprint density at radius 2 is 1.71 bits per heavy atom. The lowest BCUT2D eigenvalue weighted by Gasteiger charge is -2.40. The Hall–Kier alpha value is -1.80. The Morgan fingerprint density at radius 1 is 0.971 bits per heavy atom. The van der Waals surface area contributed by atoms with Crippen molar-refractivity contribution in [1.82, 2.24) is 14.7 Å². The first-order valence-electron chi connectivity index (χ1n) is 12.9. The molecular formula is C26H37N3O4S. The molecule has 0 aromatic heterocycles. The minimum absolute atomic E-state index is 0.0135. The summed E-state index contributed by atoms with van der Waals surface area (Å²) in [5, 5.41) is 9.34. The summed E-state index contributed by atoms with van der Waals surface area (Å²) in [6.07, 6.45) is 15.1. The molecule has 1 N–H and O–H groups in total. The van der Waals surface area contributed by atoms with Crippen molar-refractivity contribution in [3.63, 3.8) is 0 Å². The lowest BCUT2D eigenvalue weighted by Crippen LogP contribution is -2.55. The summed E-state index contributed by atoms with van der Waals surface area (Å²) in [6.45, 7) is 3.66. The van der Waals surface area contributed by atoms with Crippen molar-refractivity contribution in [2.24, 2.45) is 11.8 Å². The van der Waals surface area contributed by atoms with E-state index in [0.29, 0.717) is 32.5 Å². The van der Waals surface area contributed by atoms with Gasteiger partial charge in [-0.1, -0.05) is 43.6 Å². The average Bonchev–Trinajstić information content (AvgIpc) is 3.09. The van der Waals surface area contributed by atoms with Gasteiger partial charge in [-0.05, 0) is 32.6 Å². The summed E-state index contributed by atoms with van der Waals surface area (Å²) in [5.41, 5.74) is 0. The molecule has 1 unspecified atom stereocenters. The Bertz CT molecular complexity index is 916. The van der Waals surface area contributed by atoms with Crippen molar-refractivity contribution in [2.45, 2.75) is 73.4 Å². The first-order chi connectivity index (χ1) is 16.3. The molecule has 1 saturated carbocycles. The van der Waals surface area contributed by atoms with Gasteiger partial charge in [0.15, 0.2) is 0 Å². The lowest BCUT2D eigenvalue weighted by molar-refractivity contribution is -0.145. The molecule has 34 heavy (non-hydrogen) atoms. The second-order valence-electron chi connectivity index (χ2n) is 10.8. The van der Waals surface area contributed by atoms with Crippen LogP contribution in [-0.2, 0) is 14.4 Å². The molecule has 8 heteroatoms. The molecule has 1 spiro atoms. The van der Waals surface area contributed by atoms with E-state index in [1.165, 1.54) is 6.42 Å². The maximum Gasteiger partial charge on any atom is 0.247 e. The summed E-state index contributed by atoms with van der Waals surface area (Å²) in [5.74, 6) is -1.12. The maximum absolute atomic E-state index is 14.3. The molecule has 5 atom stereocenters. The SMILES string of the molecule is CN1CC=C[C@@]2(C)S[C@]34C=CCN(C5CCCCC5)C(=O)C3N(CCCCO)C(=O)[C@@H]4[C@H]2C1=O. The Balaban J connectivity index is 1.58. The largest absolute Gasteiger partial charge is 0.396 e. The van der Waals surface area contributed by atoms with Crippen LogP contribution in [0.15, 0.2) is 24.3 Å². The van der Waals surface area contributed by atoms with Gasteiger partial charge in [-0.25, -0.2) is 0 Å². The van der Waals surface area contributed by atoms with Gasteiger partial charge in [-0.15, -0.1) is 11.8 Å². The lowest BCUT2D eigenvalue weighted by atomic mass is 9.74.